The lowest BCUT2D eigenvalue weighted by Crippen LogP contribution is -2.43. The molecular formula is C15H16ClFN4O. The number of benzene rings is 1. The molecule has 3 rings (SSSR count). The third-order valence-electron chi connectivity index (χ3n) is 3.43. The molecule has 0 aliphatic carbocycles. The molecule has 0 amide bonds. The Hall–Kier alpha value is -1.92. The molecule has 1 aromatic carbocycles. The molecule has 1 N–H and O–H groups in total. The first-order valence-corrected chi connectivity index (χ1v) is 7.45. The minimum absolute atomic E-state index is 0.0635. The number of hydrogen-bond donors (Lipinski definition) is 1. The molecule has 1 aliphatic heterocycles. The zero-order valence-electron chi connectivity index (χ0n) is 11.9. The van der Waals surface area contributed by atoms with E-state index in [1.807, 2.05) is 6.07 Å². The number of ether oxygens (including phenoxy) is 1. The van der Waals surface area contributed by atoms with Crippen LogP contribution in [-0.2, 0) is 6.61 Å². The fraction of sp³-hybridized carbons (Fsp3) is 0.333. The molecule has 116 valence electrons. The van der Waals surface area contributed by atoms with Crippen LogP contribution in [0.25, 0.3) is 0 Å². The molecule has 0 bridgehead atoms. The van der Waals surface area contributed by atoms with Crippen LogP contribution in [0.15, 0.2) is 30.5 Å². The molecule has 22 heavy (non-hydrogen) atoms. The van der Waals surface area contributed by atoms with Gasteiger partial charge in [0.05, 0.1) is 0 Å². The molecule has 0 spiro atoms. The van der Waals surface area contributed by atoms with Gasteiger partial charge in [-0.05, 0) is 18.2 Å². The summed E-state index contributed by atoms with van der Waals surface area (Å²) in [6.45, 7) is 3.70. The number of piperazine rings is 1. The first-order chi connectivity index (χ1) is 10.7. The first-order valence-electron chi connectivity index (χ1n) is 7.08. The van der Waals surface area contributed by atoms with Crippen LogP contribution in [0.1, 0.15) is 5.56 Å². The average Bonchev–Trinajstić information content (AvgIpc) is 2.55. The van der Waals surface area contributed by atoms with E-state index in [1.54, 1.807) is 18.3 Å². The van der Waals surface area contributed by atoms with E-state index in [-0.39, 0.29) is 12.6 Å². The predicted octanol–water partition coefficient (Wildman–Crippen LogP) is 2.26. The highest BCUT2D eigenvalue weighted by molar-refractivity contribution is 6.30. The van der Waals surface area contributed by atoms with Gasteiger partial charge >= 0.3 is 6.01 Å². The highest BCUT2D eigenvalue weighted by Gasteiger charge is 2.13. The number of hydrogen-bond acceptors (Lipinski definition) is 5. The summed E-state index contributed by atoms with van der Waals surface area (Å²) in [5.41, 5.74) is 0.417. The van der Waals surface area contributed by atoms with Gasteiger partial charge in [0.25, 0.3) is 0 Å². The second kappa shape index (κ2) is 6.89. The Bertz CT molecular complexity index is 649. The van der Waals surface area contributed by atoms with Crippen molar-refractivity contribution in [3.63, 3.8) is 0 Å². The molecule has 0 unspecified atom stereocenters. The highest BCUT2D eigenvalue weighted by atomic mass is 35.5. The van der Waals surface area contributed by atoms with E-state index < -0.39 is 5.82 Å². The van der Waals surface area contributed by atoms with E-state index in [9.17, 15) is 4.39 Å². The summed E-state index contributed by atoms with van der Waals surface area (Å²) in [5.74, 6) is 0.425. The Morgan fingerprint density at radius 2 is 2.09 bits per heavy atom. The van der Waals surface area contributed by atoms with E-state index in [1.165, 1.54) is 6.07 Å². The molecule has 7 heteroatoms. The molecule has 1 fully saturated rings. The Morgan fingerprint density at radius 1 is 1.27 bits per heavy atom. The van der Waals surface area contributed by atoms with Crippen LogP contribution >= 0.6 is 11.6 Å². The molecule has 2 heterocycles. The number of aromatic nitrogens is 2. The number of rotatable bonds is 4. The third-order valence-corrected chi connectivity index (χ3v) is 3.67. The molecule has 1 aromatic heterocycles. The van der Waals surface area contributed by atoms with E-state index in [0.717, 1.165) is 32.0 Å². The molecule has 1 aliphatic rings. The Labute approximate surface area is 133 Å². The maximum absolute atomic E-state index is 13.7. The minimum Gasteiger partial charge on any atom is -0.458 e. The third kappa shape index (κ3) is 3.64. The first kappa shape index (κ1) is 15.0. The van der Waals surface area contributed by atoms with Gasteiger partial charge < -0.3 is 15.0 Å². The van der Waals surface area contributed by atoms with Crippen LogP contribution in [-0.4, -0.2) is 36.1 Å². The lowest BCUT2D eigenvalue weighted by molar-refractivity contribution is 0.275. The van der Waals surface area contributed by atoms with Gasteiger partial charge in [-0.3, -0.25) is 0 Å². The van der Waals surface area contributed by atoms with Gasteiger partial charge in [0, 0.05) is 43.0 Å². The largest absolute Gasteiger partial charge is 0.458 e. The van der Waals surface area contributed by atoms with E-state index in [4.69, 9.17) is 16.3 Å². The van der Waals surface area contributed by atoms with Gasteiger partial charge in [-0.1, -0.05) is 17.7 Å². The Morgan fingerprint density at radius 3 is 2.86 bits per heavy atom. The fourth-order valence-electron chi connectivity index (χ4n) is 2.25. The number of nitrogens with one attached hydrogen (secondary N) is 1. The van der Waals surface area contributed by atoms with Gasteiger partial charge in [-0.25, -0.2) is 9.37 Å². The summed E-state index contributed by atoms with van der Waals surface area (Å²) in [7, 11) is 0. The quantitative estimate of drug-likeness (QED) is 0.935. The van der Waals surface area contributed by atoms with Crippen molar-refractivity contribution < 1.29 is 9.13 Å². The second-order valence-electron chi connectivity index (χ2n) is 4.96. The number of halogens is 2. The van der Waals surface area contributed by atoms with Crippen LogP contribution in [0.2, 0.25) is 5.02 Å². The van der Waals surface area contributed by atoms with Crippen molar-refractivity contribution in [1.29, 1.82) is 0 Å². The zero-order valence-corrected chi connectivity index (χ0v) is 12.7. The lowest BCUT2D eigenvalue weighted by atomic mass is 10.2. The van der Waals surface area contributed by atoms with Crippen molar-refractivity contribution in [2.45, 2.75) is 6.61 Å². The normalized spacial score (nSPS) is 14.9. The second-order valence-corrected chi connectivity index (χ2v) is 5.40. The summed E-state index contributed by atoms with van der Waals surface area (Å²) in [5, 5.41) is 3.65. The van der Waals surface area contributed by atoms with Crippen molar-refractivity contribution in [3.8, 4) is 6.01 Å². The van der Waals surface area contributed by atoms with Crippen LogP contribution in [0, 0.1) is 5.82 Å². The maximum atomic E-state index is 13.7. The monoisotopic (exact) mass is 322 g/mol. The molecule has 0 atom stereocenters. The molecule has 0 radical (unpaired) electrons. The summed E-state index contributed by atoms with van der Waals surface area (Å²) in [4.78, 5) is 10.6. The SMILES string of the molecule is Fc1cc(Cl)ccc1COc1nccc(N2CCNCC2)n1. The van der Waals surface area contributed by atoms with E-state index >= 15 is 0 Å². The van der Waals surface area contributed by atoms with Crippen molar-refractivity contribution in [2.24, 2.45) is 0 Å². The molecule has 2 aromatic rings. The standard InChI is InChI=1S/C15H16ClFN4O/c16-12-2-1-11(13(17)9-12)10-22-15-19-4-3-14(20-15)21-7-5-18-6-8-21/h1-4,9,18H,5-8,10H2. The summed E-state index contributed by atoms with van der Waals surface area (Å²) in [6, 6.07) is 6.57. The zero-order chi connectivity index (χ0) is 15.4. The predicted molar refractivity (Wildman–Crippen MR) is 82.9 cm³/mol. The van der Waals surface area contributed by atoms with Crippen LogP contribution in [0.5, 0.6) is 6.01 Å². The van der Waals surface area contributed by atoms with Gasteiger partial charge in [-0.2, -0.15) is 4.98 Å². The summed E-state index contributed by atoms with van der Waals surface area (Å²) < 4.78 is 19.2. The van der Waals surface area contributed by atoms with Gasteiger partial charge in [0.1, 0.15) is 18.2 Å². The molecule has 1 saturated heterocycles. The molecule has 0 saturated carbocycles. The molecule has 5 nitrogen and oxygen atoms in total. The highest BCUT2D eigenvalue weighted by Crippen LogP contribution is 2.18. The average molecular weight is 323 g/mol. The van der Waals surface area contributed by atoms with Crippen molar-refractivity contribution >= 4 is 17.4 Å². The van der Waals surface area contributed by atoms with Crippen LogP contribution in [0.4, 0.5) is 10.2 Å². The van der Waals surface area contributed by atoms with Crippen LogP contribution in [0.3, 0.4) is 0 Å². The van der Waals surface area contributed by atoms with Gasteiger partial charge in [-0.15, -0.1) is 0 Å². The Kier molecular flexibility index (Phi) is 4.70. The van der Waals surface area contributed by atoms with Gasteiger partial charge in [0.2, 0.25) is 0 Å². The van der Waals surface area contributed by atoms with Crippen molar-refractivity contribution in [1.82, 2.24) is 15.3 Å². The van der Waals surface area contributed by atoms with Gasteiger partial charge in [0.15, 0.2) is 0 Å². The fourth-order valence-corrected chi connectivity index (χ4v) is 2.41. The number of nitrogens with zero attached hydrogens (tertiary/aromatic N) is 3. The van der Waals surface area contributed by atoms with E-state index in [0.29, 0.717) is 10.6 Å². The molecular weight excluding hydrogens is 307 g/mol. The lowest BCUT2D eigenvalue weighted by Gasteiger charge is -2.28. The minimum atomic E-state index is -0.397. The Balaban J connectivity index is 1.67. The smallest absolute Gasteiger partial charge is 0.318 e. The number of anilines is 1. The van der Waals surface area contributed by atoms with Crippen LogP contribution < -0.4 is 15.0 Å². The summed E-state index contributed by atoms with van der Waals surface area (Å²) >= 11 is 5.72. The summed E-state index contributed by atoms with van der Waals surface area (Å²) in [6.07, 6.45) is 1.65. The van der Waals surface area contributed by atoms with Crippen molar-refractivity contribution in [3.05, 3.63) is 46.9 Å². The topological polar surface area (TPSA) is 50.3 Å². The van der Waals surface area contributed by atoms with Crippen molar-refractivity contribution in [2.75, 3.05) is 31.1 Å². The van der Waals surface area contributed by atoms with E-state index in [2.05, 4.69) is 20.2 Å². The maximum Gasteiger partial charge on any atom is 0.318 e.